The second-order valence-corrected chi connectivity index (χ2v) is 6.64. The molecule has 2 saturated carbocycles. The van der Waals surface area contributed by atoms with Crippen molar-refractivity contribution in [3.8, 4) is 0 Å². The third kappa shape index (κ3) is 2.28. The van der Waals surface area contributed by atoms with Gasteiger partial charge in [-0.05, 0) is 44.7 Å². The summed E-state index contributed by atoms with van der Waals surface area (Å²) in [6.45, 7) is 5.14. The molecule has 3 atom stereocenters. The van der Waals surface area contributed by atoms with Gasteiger partial charge < -0.3 is 10.1 Å². The molecule has 0 heterocycles. The molecular weight excluding hydrogens is 270 g/mol. The van der Waals surface area contributed by atoms with Crippen molar-refractivity contribution in [1.82, 2.24) is 5.32 Å². The molecule has 0 aromatic heterocycles. The summed E-state index contributed by atoms with van der Waals surface area (Å²) >= 11 is 6.30. The van der Waals surface area contributed by atoms with Gasteiger partial charge in [-0.25, -0.2) is 0 Å². The number of halogens is 1. The number of hydrogen-bond donors (Lipinski definition) is 1. The maximum Gasteiger partial charge on any atom is 0.0661 e. The molecule has 3 rings (SSSR count). The summed E-state index contributed by atoms with van der Waals surface area (Å²) in [4.78, 5) is 0. The Labute approximate surface area is 126 Å². The second kappa shape index (κ2) is 5.67. The quantitative estimate of drug-likeness (QED) is 0.872. The number of ether oxygens (including phenoxy) is 1. The lowest BCUT2D eigenvalue weighted by Gasteiger charge is -2.61. The highest BCUT2D eigenvalue weighted by molar-refractivity contribution is 6.31. The average molecular weight is 294 g/mol. The highest BCUT2D eigenvalue weighted by atomic mass is 35.5. The highest BCUT2D eigenvalue weighted by Gasteiger charge is 2.58. The first-order valence-corrected chi connectivity index (χ1v) is 8.17. The summed E-state index contributed by atoms with van der Waals surface area (Å²) in [6.07, 6.45) is 5.58. The van der Waals surface area contributed by atoms with Crippen molar-refractivity contribution in [3.63, 3.8) is 0 Å². The van der Waals surface area contributed by atoms with Crippen LogP contribution in [0.15, 0.2) is 24.3 Å². The summed E-state index contributed by atoms with van der Waals surface area (Å²) in [5, 5.41) is 4.65. The topological polar surface area (TPSA) is 21.3 Å². The molecule has 0 bridgehead atoms. The molecule has 2 aliphatic rings. The van der Waals surface area contributed by atoms with Crippen LogP contribution in [-0.4, -0.2) is 18.8 Å². The van der Waals surface area contributed by atoms with Crippen molar-refractivity contribution in [2.24, 2.45) is 5.41 Å². The minimum Gasteiger partial charge on any atom is -0.378 e. The van der Waals surface area contributed by atoms with Crippen LogP contribution in [-0.2, 0) is 4.74 Å². The van der Waals surface area contributed by atoms with Crippen LogP contribution in [0.25, 0.3) is 0 Å². The molecule has 1 aromatic rings. The number of rotatable bonds is 5. The summed E-state index contributed by atoms with van der Waals surface area (Å²) in [5.74, 6) is 0. The third-order valence-corrected chi connectivity index (χ3v) is 5.60. The first-order valence-electron chi connectivity index (χ1n) is 7.79. The van der Waals surface area contributed by atoms with Gasteiger partial charge in [-0.3, -0.25) is 0 Å². The Hall–Kier alpha value is -0.570. The first-order chi connectivity index (χ1) is 9.67. The zero-order chi connectivity index (χ0) is 14.2. The van der Waals surface area contributed by atoms with E-state index in [2.05, 4.69) is 31.3 Å². The maximum atomic E-state index is 6.30. The van der Waals surface area contributed by atoms with Gasteiger partial charge in [0.15, 0.2) is 0 Å². The molecule has 1 N–H and O–H groups in total. The third-order valence-electron chi connectivity index (χ3n) is 5.26. The Bertz CT molecular complexity index is 472. The van der Waals surface area contributed by atoms with Gasteiger partial charge in [-0.1, -0.05) is 36.2 Å². The van der Waals surface area contributed by atoms with Crippen LogP contribution in [0.1, 0.15) is 51.1 Å². The molecule has 2 aliphatic carbocycles. The molecule has 0 radical (unpaired) electrons. The number of hydrogen-bond acceptors (Lipinski definition) is 2. The van der Waals surface area contributed by atoms with Crippen molar-refractivity contribution in [2.45, 2.75) is 57.7 Å². The normalized spacial score (nSPS) is 28.8. The van der Waals surface area contributed by atoms with E-state index in [1.165, 1.54) is 24.8 Å². The fraction of sp³-hybridized carbons (Fsp3) is 0.647. The van der Waals surface area contributed by atoms with E-state index in [9.17, 15) is 0 Å². The molecule has 2 nitrogen and oxygen atoms in total. The molecule has 0 amide bonds. The van der Waals surface area contributed by atoms with E-state index in [0.717, 1.165) is 18.1 Å². The zero-order valence-electron chi connectivity index (χ0n) is 12.4. The molecular formula is C17H24ClNO. The minimum atomic E-state index is 0.300. The molecule has 2 fully saturated rings. The predicted molar refractivity (Wildman–Crippen MR) is 83.1 cm³/mol. The van der Waals surface area contributed by atoms with Gasteiger partial charge in [0.25, 0.3) is 0 Å². The van der Waals surface area contributed by atoms with E-state index >= 15 is 0 Å². The first kappa shape index (κ1) is 14.4. The van der Waals surface area contributed by atoms with Crippen LogP contribution in [0, 0.1) is 5.41 Å². The van der Waals surface area contributed by atoms with E-state index in [0.29, 0.717) is 23.6 Å². The standard InChI is InChI=1S/C17H24ClNO/c1-3-20-16-11-15(17(16)9-6-10-17)19-12(2)13-7-4-5-8-14(13)18/h4-5,7-8,12,15-16,19H,3,6,9-11H2,1-2H3/t12-,15?,16?/m0/s1. The molecule has 3 heteroatoms. The SMILES string of the molecule is CCOC1CC(N[C@@H](C)c2ccccc2Cl)C12CCC2. The number of nitrogens with one attached hydrogen (secondary N) is 1. The van der Waals surface area contributed by atoms with Gasteiger partial charge in [0.1, 0.15) is 0 Å². The van der Waals surface area contributed by atoms with Crippen molar-refractivity contribution in [2.75, 3.05) is 6.61 Å². The summed E-state index contributed by atoms with van der Waals surface area (Å²) < 4.78 is 5.91. The van der Waals surface area contributed by atoms with Crippen molar-refractivity contribution < 1.29 is 4.74 Å². The van der Waals surface area contributed by atoms with Crippen LogP contribution in [0.3, 0.4) is 0 Å². The van der Waals surface area contributed by atoms with E-state index < -0.39 is 0 Å². The van der Waals surface area contributed by atoms with Crippen molar-refractivity contribution in [1.29, 1.82) is 0 Å². The monoisotopic (exact) mass is 293 g/mol. The van der Waals surface area contributed by atoms with Gasteiger partial charge >= 0.3 is 0 Å². The van der Waals surface area contributed by atoms with E-state index in [1.807, 2.05) is 12.1 Å². The fourth-order valence-corrected chi connectivity index (χ4v) is 4.19. The van der Waals surface area contributed by atoms with Crippen molar-refractivity contribution >= 4 is 11.6 Å². The summed E-state index contributed by atoms with van der Waals surface area (Å²) in [5.41, 5.74) is 1.61. The Kier molecular flexibility index (Phi) is 4.07. The lowest BCUT2D eigenvalue weighted by atomic mass is 9.51. The Balaban J connectivity index is 1.66. The fourth-order valence-electron chi connectivity index (χ4n) is 3.89. The molecule has 1 spiro atoms. The summed E-state index contributed by atoms with van der Waals surface area (Å²) in [6, 6.07) is 9.01. The molecule has 110 valence electrons. The molecule has 0 saturated heterocycles. The summed E-state index contributed by atoms with van der Waals surface area (Å²) in [7, 11) is 0. The van der Waals surface area contributed by atoms with Gasteiger partial charge in [-0.2, -0.15) is 0 Å². The Morgan fingerprint density at radius 2 is 2.15 bits per heavy atom. The van der Waals surface area contributed by atoms with Gasteiger partial charge in [0, 0.05) is 29.1 Å². The number of benzene rings is 1. The Morgan fingerprint density at radius 1 is 1.40 bits per heavy atom. The molecule has 0 aliphatic heterocycles. The van der Waals surface area contributed by atoms with Crippen LogP contribution in [0.4, 0.5) is 0 Å². The van der Waals surface area contributed by atoms with Gasteiger partial charge in [0.2, 0.25) is 0 Å². The average Bonchev–Trinajstić information content (AvgIpc) is 2.35. The smallest absolute Gasteiger partial charge is 0.0661 e. The maximum absolute atomic E-state index is 6.30. The zero-order valence-corrected chi connectivity index (χ0v) is 13.1. The van der Waals surface area contributed by atoms with Crippen LogP contribution < -0.4 is 5.32 Å². The van der Waals surface area contributed by atoms with Crippen LogP contribution in [0.5, 0.6) is 0 Å². The lowest BCUT2D eigenvalue weighted by Crippen LogP contribution is -2.67. The minimum absolute atomic E-state index is 0.300. The molecule has 2 unspecified atom stereocenters. The second-order valence-electron chi connectivity index (χ2n) is 6.23. The Morgan fingerprint density at radius 3 is 2.75 bits per heavy atom. The van der Waals surface area contributed by atoms with Crippen LogP contribution >= 0.6 is 11.6 Å². The lowest BCUT2D eigenvalue weighted by molar-refractivity contribution is -0.174. The van der Waals surface area contributed by atoms with Crippen LogP contribution in [0.2, 0.25) is 5.02 Å². The highest BCUT2D eigenvalue weighted by Crippen LogP contribution is 2.57. The van der Waals surface area contributed by atoms with E-state index in [1.54, 1.807) is 0 Å². The van der Waals surface area contributed by atoms with E-state index in [4.69, 9.17) is 16.3 Å². The van der Waals surface area contributed by atoms with Crippen molar-refractivity contribution in [3.05, 3.63) is 34.9 Å². The molecule has 20 heavy (non-hydrogen) atoms. The van der Waals surface area contributed by atoms with E-state index in [-0.39, 0.29) is 0 Å². The predicted octanol–water partition coefficient (Wildman–Crippen LogP) is 4.34. The van der Waals surface area contributed by atoms with Gasteiger partial charge in [0.05, 0.1) is 6.10 Å². The molecule has 1 aromatic carbocycles. The van der Waals surface area contributed by atoms with Gasteiger partial charge in [-0.15, -0.1) is 0 Å². The largest absolute Gasteiger partial charge is 0.378 e.